The number of anilines is 1. The standard InChI is InChI=1S/C14H16N6O/c1-8(13-19-17-7-20(13)2)18-14(21)11-6-16-12-4-3-9(15)5-10(11)12/h3-8,16H,15H2,1-2H3,(H,18,21). The van der Waals surface area contributed by atoms with Gasteiger partial charge in [0.25, 0.3) is 5.91 Å². The Bertz CT molecular complexity index is 803. The predicted molar refractivity (Wildman–Crippen MR) is 79.6 cm³/mol. The number of aromatic nitrogens is 4. The highest BCUT2D eigenvalue weighted by atomic mass is 16.1. The maximum absolute atomic E-state index is 12.4. The molecule has 21 heavy (non-hydrogen) atoms. The maximum atomic E-state index is 12.4. The highest BCUT2D eigenvalue weighted by Crippen LogP contribution is 2.21. The molecule has 3 aromatic rings. The number of nitrogens with zero attached hydrogens (tertiary/aromatic N) is 3. The van der Waals surface area contributed by atoms with Crippen LogP contribution in [-0.4, -0.2) is 25.7 Å². The summed E-state index contributed by atoms with van der Waals surface area (Å²) in [6.07, 6.45) is 3.28. The Morgan fingerprint density at radius 2 is 2.29 bits per heavy atom. The maximum Gasteiger partial charge on any atom is 0.254 e. The molecule has 0 spiro atoms. The van der Waals surface area contributed by atoms with Crippen molar-refractivity contribution in [1.82, 2.24) is 25.1 Å². The number of carbonyl (C=O) groups is 1. The van der Waals surface area contributed by atoms with Crippen LogP contribution in [0.5, 0.6) is 0 Å². The minimum absolute atomic E-state index is 0.178. The Labute approximate surface area is 121 Å². The fourth-order valence-corrected chi connectivity index (χ4v) is 2.35. The van der Waals surface area contributed by atoms with Crippen molar-refractivity contribution < 1.29 is 4.79 Å². The van der Waals surface area contributed by atoms with E-state index in [1.54, 1.807) is 29.2 Å². The molecule has 1 amide bonds. The third kappa shape index (κ3) is 2.33. The van der Waals surface area contributed by atoms with Crippen LogP contribution in [0.4, 0.5) is 5.69 Å². The lowest BCUT2D eigenvalue weighted by molar-refractivity contribution is 0.0939. The summed E-state index contributed by atoms with van der Waals surface area (Å²) < 4.78 is 1.78. The number of aromatic amines is 1. The van der Waals surface area contributed by atoms with Crippen LogP contribution < -0.4 is 11.1 Å². The predicted octanol–water partition coefficient (Wildman–Crippen LogP) is 1.37. The van der Waals surface area contributed by atoms with Crippen molar-refractivity contribution in [1.29, 1.82) is 0 Å². The topological polar surface area (TPSA) is 102 Å². The molecule has 0 bridgehead atoms. The van der Waals surface area contributed by atoms with Crippen LogP contribution in [0.25, 0.3) is 10.9 Å². The molecule has 4 N–H and O–H groups in total. The quantitative estimate of drug-likeness (QED) is 0.632. The number of aryl methyl sites for hydroxylation is 1. The molecule has 0 saturated carbocycles. The van der Waals surface area contributed by atoms with Crippen molar-refractivity contribution >= 4 is 22.5 Å². The first-order chi connectivity index (χ1) is 10.1. The molecular weight excluding hydrogens is 268 g/mol. The Balaban J connectivity index is 1.87. The molecule has 2 heterocycles. The fraction of sp³-hybridized carbons (Fsp3) is 0.214. The Morgan fingerprint density at radius 1 is 1.48 bits per heavy atom. The summed E-state index contributed by atoms with van der Waals surface area (Å²) in [7, 11) is 1.84. The van der Waals surface area contributed by atoms with Crippen LogP contribution in [0, 0.1) is 0 Å². The minimum Gasteiger partial charge on any atom is -0.399 e. The summed E-state index contributed by atoms with van der Waals surface area (Å²) in [5.74, 6) is 0.519. The number of hydrogen-bond donors (Lipinski definition) is 3. The molecule has 1 aromatic carbocycles. The highest BCUT2D eigenvalue weighted by molar-refractivity contribution is 6.07. The van der Waals surface area contributed by atoms with Gasteiger partial charge >= 0.3 is 0 Å². The van der Waals surface area contributed by atoms with Gasteiger partial charge in [0, 0.05) is 29.8 Å². The number of H-pyrrole nitrogens is 1. The van der Waals surface area contributed by atoms with Crippen molar-refractivity contribution in [3.63, 3.8) is 0 Å². The number of hydrogen-bond acceptors (Lipinski definition) is 4. The van der Waals surface area contributed by atoms with Gasteiger partial charge in [-0.2, -0.15) is 0 Å². The van der Waals surface area contributed by atoms with Crippen LogP contribution in [-0.2, 0) is 7.05 Å². The Morgan fingerprint density at radius 3 is 3.00 bits per heavy atom. The van der Waals surface area contributed by atoms with Crippen LogP contribution in [0.2, 0.25) is 0 Å². The van der Waals surface area contributed by atoms with Gasteiger partial charge in [-0.05, 0) is 25.1 Å². The number of amides is 1. The van der Waals surface area contributed by atoms with Crippen LogP contribution in [0.15, 0.2) is 30.7 Å². The zero-order chi connectivity index (χ0) is 15.0. The summed E-state index contributed by atoms with van der Waals surface area (Å²) in [6, 6.07) is 5.19. The first-order valence-electron chi connectivity index (χ1n) is 6.57. The molecular formula is C14H16N6O. The summed E-state index contributed by atoms with van der Waals surface area (Å²) in [6.45, 7) is 1.87. The number of fused-ring (bicyclic) bond motifs is 1. The van der Waals surface area contributed by atoms with E-state index >= 15 is 0 Å². The molecule has 1 unspecified atom stereocenters. The lowest BCUT2D eigenvalue weighted by Gasteiger charge is -2.12. The fourth-order valence-electron chi connectivity index (χ4n) is 2.35. The second-order valence-corrected chi connectivity index (χ2v) is 5.00. The van der Waals surface area contributed by atoms with E-state index in [-0.39, 0.29) is 11.9 Å². The molecule has 7 nitrogen and oxygen atoms in total. The summed E-state index contributed by atoms with van der Waals surface area (Å²) in [4.78, 5) is 15.5. The lowest BCUT2D eigenvalue weighted by atomic mass is 10.1. The van der Waals surface area contributed by atoms with E-state index in [4.69, 9.17) is 5.73 Å². The SMILES string of the molecule is CC(NC(=O)c1c[nH]c2ccc(N)cc12)c1nncn1C. The minimum atomic E-state index is -0.240. The molecule has 0 saturated heterocycles. The number of benzene rings is 1. The molecule has 108 valence electrons. The molecule has 0 radical (unpaired) electrons. The second kappa shape index (κ2) is 4.93. The lowest BCUT2D eigenvalue weighted by Crippen LogP contribution is -2.28. The van der Waals surface area contributed by atoms with Gasteiger partial charge in [0.1, 0.15) is 6.33 Å². The third-order valence-electron chi connectivity index (χ3n) is 3.43. The van der Waals surface area contributed by atoms with E-state index in [9.17, 15) is 4.79 Å². The van der Waals surface area contributed by atoms with E-state index in [1.807, 2.05) is 20.0 Å². The molecule has 0 aliphatic rings. The normalized spacial score (nSPS) is 12.5. The average Bonchev–Trinajstić information content (AvgIpc) is 3.04. The molecule has 1 atom stereocenters. The van der Waals surface area contributed by atoms with E-state index in [0.717, 1.165) is 10.9 Å². The zero-order valence-electron chi connectivity index (χ0n) is 11.8. The summed E-state index contributed by atoms with van der Waals surface area (Å²) in [5.41, 5.74) is 7.84. The van der Waals surface area contributed by atoms with Crippen LogP contribution in [0.3, 0.4) is 0 Å². The van der Waals surface area contributed by atoms with E-state index in [0.29, 0.717) is 17.1 Å². The molecule has 3 rings (SSSR count). The molecule has 0 aliphatic carbocycles. The van der Waals surface area contributed by atoms with Gasteiger partial charge in [-0.25, -0.2) is 0 Å². The monoisotopic (exact) mass is 284 g/mol. The van der Waals surface area contributed by atoms with E-state index in [2.05, 4.69) is 20.5 Å². The van der Waals surface area contributed by atoms with Gasteiger partial charge in [0.2, 0.25) is 0 Å². The van der Waals surface area contributed by atoms with Gasteiger partial charge in [-0.3, -0.25) is 4.79 Å². The van der Waals surface area contributed by atoms with Crippen molar-refractivity contribution in [3.05, 3.63) is 42.1 Å². The van der Waals surface area contributed by atoms with Crippen molar-refractivity contribution in [3.8, 4) is 0 Å². The van der Waals surface area contributed by atoms with Crippen LogP contribution in [0.1, 0.15) is 29.1 Å². The largest absolute Gasteiger partial charge is 0.399 e. The average molecular weight is 284 g/mol. The zero-order valence-corrected chi connectivity index (χ0v) is 11.8. The highest BCUT2D eigenvalue weighted by Gasteiger charge is 2.18. The van der Waals surface area contributed by atoms with Gasteiger partial charge < -0.3 is 20.6 Å². The van der Waals surface area contributed by atoms with E-state index < -0.39 is 0 Å². The van der Waals surface area contributed by atoms with Crippen LogP contribution >= 0.6 is 0 Å². The molecule has 0 fully saturated rings. The van der Waals surface area contributed by atoms with Crippen molar-refractivity contribution in [2.45, 2.75) is 13.0 Å². The second-order valence-electron chi connectivity index (χ2n) is 5.00. The molecule has 7 heteroatoms. The number of rotatable bonds is 3. The van der Waals surface area contributed by atoms with Gasteiger partial charge in [0.15, 0.2) is 5.82 Å². The summed E-state index contributed by atoms with van der Waals surface area (Å²) >= 11 is 0. The smallest absolute Gasteiger partial charge is 0.254 e. The first kappa shape index (κ1) is 13.2. The first-order valence-corrected chi connectivity index (χ1v) is 6.57. The third-order valence-corrected chi connectivity index (χ3v) is 3.43. The number of nitrogens with two attached hydrogens (primary N) is 1. The van der Waals surface area contributed by atoms with Gasteiger partial charge in [-0.15, -0.1) is 10.2 Å². The van der Waals surface area contributed by atoms with Gasteiger partial charge in [0.05, 0.1) is 11.6 Å². The van der Waals surface area contributed by atoms with Crippen molar-refractivity contribution in [2.75, 3.05) is 5.73 Å². The molecule has 2 aromatic heterocycles. The van der Waals surface area contributed by atoms with Gasteiger partial charge in [-0.1, -0.05) is 0 Å². The van der Waals surface area contributed by atoms with Crippen molar-refractivity contribution in [2.24, 2.45) is 7.05 Å². The summed E-state index contributed by atoms with van der Waals surface area (Å²) in [5, 5.41) is 11.5. The number of nitrogen functional groups attached to an aromatic ring is 1. The Kier molecular flexibility index (Phi) is 3.09. The van der Waals surface area contributed by atoms with E-state index in [1.165, 1.54) is 0 Å². The Hall–Kier alpha value is -2.83. The molecule has 0 aliphatic heterocycles. The number of carbonyl (C=O) groups excluding carboxylic acids is 1. The number of nitrogens with one attached hydrogen (secondary N) is 2.